The van der Waals surface area contributed by atoms with Gasteiger partial charge < -0.3 is 5.32 Å². The molecule has 2 heterocycles. The van der Waals surface area contributed by atoms with Crippen molar-refractivity contribution < 1.29 is 0 Å². The number of pyridine rings is 1. The van der Waals surface area contributed by atoms with E-state index in [0.717, 1.165) is 17.1 Å². The van der Waals surface area contributed by atoms with Crippen molar-refractivity contribution in [2.75, 3.05) is 5.32 Å². The van der Waals surface area contributed by atoms with Crippen molar-refractivity contribution in [1.82, 2.24) is 4.98 Å². The number of aromatic nitrogens is 1. The number of hydrogen-bond acceptors (Lipinski definition) is 3. The smallest absolute Gasteiger partial charge is 0.0607 e. The van der Waals surface area contributed by atoms with Crippen LogP contribution in [-0.2, 0) is 0 Å². The minimum atomic E-state index is 0.328. The van der Waals surface area contributed by atoms with Gasteiger partial charge in [0.15, 0.2) is 0 Å². The summed E-state index contributed by atoms with van der Waals surface area (Å²) in [4.78, 5) is 4.45. The Morgan fingerprint density at radius 3 is 2.69 bits per heavy atom. The summed E-state index contributed by atoms with van der Waals surface area (Å²) in [7, 11) is 0. The van der Waals surface area contributed by atoms with Crippen molar-refractivity contribution in [2.45, 2.75) is 26.8 Å². The molecule has 0 saturated carbocycles. The summed E-state index contributed by atoms with van der Waals surface area (Å²) >= 11 is 1.73. The molecule has 0 saturated heterocycles. The molecule has 2 aromatic rings. The molecule has 1 N–H and O–H groups in total. The lowest BCUT2D eigenvalue weighted by Gasteiger charge is -2.15. The fourth-order valence-electron chi connectivity index (χ4n) is 1.68. The van der Waals surface area contributed by atoms with Crippen LogP contribution >= 0.6 is 11.3 Å². The first-order valence-electron chi connectivity index (χ1n) is 5.39. The van der Waals surface area contributed by atoms with E-state index in [1.165, 1.54) is 5.56 Å². The Morgan fingerprint density at radius 2 is 2.06 bits per heavy atom. The number of nitrogens with one attached hydrogen (secondary N) is 1. The fraction of sp³-hybridized carbons (Fsp3) is 0.308. The number of rotatable bonds is 3. The zero-order valence-corrected chi connectivity index (χ0v) is 10.6. The highest BCUT2D eigenvalue weighted by Gasteiger charge is 2.07. The van der Waals surface area contributed by atoms with Crippen LogP contribution in [-0.4, -0.2) is 4.98 Å². The molecule has 0 aliphatic carbocycles. The maximum Gasteiger partial charge on any atom is 0.0607 e. The van der Waals surface area contributed by atoms with Crippen LogP contribution in [0.1, 0.15) is 29.9 Å². The van der Waals surface area contributed by atoms with E-state index >= 15 is 0 Å². The first kappa shape index (κ1) is 11.1. The predicted molar refractivity (Wildman–Crippen MR) is 70.1 cm³/mol. The minimum absolute atomic E-state index is 0.328. The first-order chi connectivity index (χ1) is 7.66. The average molecular weight is 232 g/mol. The Kier molecular flexibility index (Phi) is 3.25. The van der Waals surface area contributed by atoms with E-state index in [0.29, 0.717) is 6.04 Å². The van der Waals surface area contributed by atoms with Crippen LogP contribution in [0, 0.1) is 13.8 Å². The van der Waals surface area contributed by atoms with Crippen LogP contribution < -0.4 is 5.32 Å². The summed E-state index contributed by atoms with van der Waals surface area (Å²) in [6.45, 7) is 6.22. The Balaban J connectivity index is 2.15. The van der Waals surface area contributed by atoms with E-state index < -0.39 is 0 Å². The third kappa shape index (κ3) is 2.42. The largest absolute Gasteiger partial charge is 0.377 e. The molecule has 2 nitrogen and oxygen atoms in total. The quantitative estimate of drug-likeness (QED) is 0.867. The summed E-state index contributed by atoms with van der Waals surface area (Å²) < 4.78 is 0. The minimum Gasteiger partial charge on any atom is -0.377 e. The van der Waals surface area contributed by atoms with Crippen molar-refractivity contribution in [2.24, 2.45) is 0 Å². The van der Waals surface area contributed by atoms with Crippen LogP contribution in [0.25, 0.3) is 0 Å². The highest BCUT2D eigenvalue weighted by atomic mass is 32.1. The lowest BCUT2D eigenvalue weighted by atomic mass is 10.1. The maximum atomic E-state index is 4.45. The molecule has 2 aromatic heterocycles. The molecule has 0 radical (unpaired) electrons. The molecular weight excluding hydrogens is 216 g/mol. The van der Waals surface area contributed by atoms with E-state index in [2.05, 4.69) is 40.1 Å². The molecule has 84 valence electrons. The maximum absolute atomic E-state index is 4.45. The third-order valence-electron chi connectivity index (χ3n) is 2.64. The van der Waals surface area contributed by atoms with E-state index in [1.807, 2.05) is 19.9 Å². The molecule has 2 rings (SSSR count). The van der Waals surface area contributed by atoms with Gasteiger partial charge in [-0.1, -0.05) is 0 Å². The molecule has 16 heavy (non-hydrogen) atoms. The van der Waals surface area contributed by atoms with Gasteiger partial charge in [-0.15, -0.1) is 0 Å². The second-order valence-electron chi connectivity index (χ2n) is 4.01. The Bertz CT molecular complexity index is 463. The topological polar surface area (TPSA) is 24.9 Å². The summed E-state index contributed by atoms with van der Waals surface area (Å²) in [5.41, 5.74) is 4.56. The Labute approximate surface area is 100 Å². The third-order valence-corrected chi connectivity index (χ3v) is 3.34. The van der Waals surface area contributed by atoms with Crippen LogP contribution in [0.5, 0.6) is 0 Å². The molecule has 3 heteroatoms. The first-order valence-corrected chi connectivity index (χ1v) is 6.34. The molecule has 0 aliphatic rings. The van der Waals surface area contributed by atoms with Crippen LogP contribution in [0.2, 0.25) is 0 Å². The lowest BCUT2D eigenvalue weighted by molar-refractivity contribution is 0.883. The average Bonchev–Trinajstić information content (AvgIpc) is 2.75. The second-order valence-corrected chi connectivity index (χ2v) is 4.79. The summed E-state index contributed by atoms with van der Waals surface area (Å²) in [6, 6.07) is 6.62. The van der Waals surface area contributed by atoms with Gasteiger partial charge in [-0.3, -0.25) is 4.98 Å². The highest BCUT2D eigenvalue weighted by molar-refractivity contribution is 7.07. The Morgan fingerprint density at radius 1 is 1.25 bits per heavy atom. The molecule has 1 unspecified atom stereocenters. The van der Waals surface area contributed by atoms with Gasteiger partial charge in [0.25, 0.3) is 0 Å². The Hall–Kier alpha value is -1.35. The molecule has 0 fully saturated rings. The van der Waals surface area contributed by atoms with E-state index in [4.69, 9.17) is 0 Å². The zero-order valence-electron chi connectivity index (χ0n) is 9.82. The molecular formula is C13H16N2S. The van der Waals surface area contributed by atoms with Crippen LogP contribution in [0.3, 0.4) is 0 Å². The van der Waals surface area contributed by atoms with Crippen molar-refractivity contribution in [3.05, 3.63) is 45.9 Å². The molecule has 0 aromatic carbocycles. The van der Waals surface area contributed by atoms with Gasteiger partial charge in [-0.25, -0.2) is 0 Å². The highest BCUT2D eigenvalue weighted by Crippen LogP contribution is 2.22. The van der Waals surface area contributed by atoms with Gasteiger partial charge in [0.1, 0.15) is 0 Å². The SMILES string of the molecule is Cc1ccc(NC(C)c2ccsc2)c(C)n1. The number of anilines is 1. The normalized spacial score (nSPS) is 12.4. The van der Waals surface area contributed by atoms with Crippen LogP contribution in [0.4, 0.5) is 5.69 Å². The predicted octanol–water partition coefficient (Wildman–Crippen LogP) is 3.93. The fourth-order valence-corrected chi connectivity index (χ4v) is 2.43. The van der Waals surface area contributed by atoms with E-state index in [-0.39, 0.29) is 0 Å². The van der Waals surface area contributed by atoms with Gasteiger partial charge in [-0.05, 0) is 55.3 Å². The molecule has 0 amide bonds. The van der Waals surface area contributed by atoms with Crippen molar-refractivity contribution >= 4 is 17.0 Å². The van der Waals surface area contributed by atoms with Gasteiger partial charge >= 0.3 is 0 Å². The molecule has 1 atom stereocenters. The number of aryl methyl sites for hydroxylation is 2. The number of thiophene rings is 1. The number of hydrogen-bond donors (Lipinski definition) is 1. The summed E-state index contributed by atoms with van der Waals surface area (Å²) in [5.74, 6) is 0. The van der Waals surface area contributed by atoms with Crippen molar-refractivity contribution in [1.29, 1.82) is 0 Å². The van der Waals surface area contributed by atoms with Gasteiger partial charge in [0.05, 0.1) is 11.4 Å². The summed E-state index contributed by atoms with van der Waals surface area (Å²) in [5, 5.41) is 7.76. The van der Waals surface area contributed by atoms with Gasteiger partial charge in [0, 0.05) is 11.7 Å². The van der Waals surface area contributed by atoms with E-state index in [1.54, 1.807) is 11.3 Å². The monoisotopic (exact) mass is 232 g/mol. The standard InChI is InChI=1S/C13H16N2S/c1-9-4-5-13(11(3)14-9)15-10(2)12-6-7-16-8-12/h4-8,10,15H,1-3H3. The van der Waals surface area contributed by atoms with Gasteiger partial charge in [0.2, 0.25) is 0 Å². The lowest BCUT2D eigenvalue weighted by Crippen LogP contribution is -2.07. The molecule has 0 spiro atoms. The van der Waals surface area contributed by atoms with E-state index in [9.17, 15) is 0 Å². The molecule has 0 aliphatic heterocycles. The zero-order chi connectivity index (χ0) is 11.5. The van der Waals surface area contributed by atoms with Crippen molar-refractivity contribution in [3.63, 3.8) is 0 Å². The summed E-state index contributed by atoms with van der Waals surface area (Å²) in [6.07, 6.45) is 0. The van der Waals surface area contributed by atoms with Crippen LogP contribution in [0.15, 0.2) is 29.0 Å². The second kappa shape index (κ2) is 4.66. The van der Waals surface area contributed by atoms with Crippen molar-refractivity contribution in [3.8, 4) is 0 Å². The number of nitrogens with zero attached hydrogens (tertiary/aromatic N) is 1. The van der Waals surface area contributed by atoms with Gasteiger partial charge in [-0.2, -0.15) is 11.3 Å². The molecule has 0 bridgehead atoms.